The van der Waals surface area contributed by atoms with E-state index in [4.69, 9.17) is 0 Å². The van der Waals surface area contributed by atoms with E-state index in [1.807, 2.05) is 12.1 Å². The lowest BCUT2D eigenvalue weighted by atomic mass is 9.98. The predicted octanol–water partition coefficient (Wildman–Crippen LogP) is 4.11. The van der Waals surface area contributed by atoms with Crippen molar-refractivity contribution in [3.05, 3.63) is 35.9 Å². The van der Waals surface area contributed by atoms with E-state index in [2.05, 4.69) is 6.92 Å². The van der Waals surface area contributed by atoms with Gasteiger partial charge in [-0.2, -0.15) is 0 Å². The van der Waals surface area contributed by atoms with Gasteiger partial charge in [-0.3, -0.25) is 5.21 Å². The van der Waals surface area contributed by atoms with E-state index < -0.39 is 0 Å². The first-order valence-electron chi connectivity index (χ1n) is 8.20. The number of rotatable bonds is 8. The van der Waals surface area contributed by atoms with E-state index in [-0.39, 0.29) is 11.8 Å². The summed E-state index contributed by atoms with van der Waals surface area (Å²) in [4.78, 5) is 0. The highest BCUT2D eigenvalue weighted by Gasteiger charge is 2.21. The molecule has 1 atom stereocenters. The lowest BCUT2D eigenvalue weighted by molar-refractivity contribution is -0.244. The van der Waals surface area contributed by atoms with Gasteiger partial charge in [0.15, 0.2) is 0 Å². The van der Waals surface area contributed by atoms with Crippen LogP contribution in [0, 0.1) is 0 Å². The molecule has 3 heteroatoms. The van der Waals surface area contributed by atoms with Crippen molar-refractivity contribution in [2.24, 2.45) is 0 Å². The van der Waals surface area contributed by atoms with E-state index in [0.717, 1.165) is 12.8 Å². The standard InChI is InChI=1S/C18H27NO2/c1-2-3-4-5-6-7-8-11-15-14-18(20)16-12-9-10-13-17(16)19(15)21/h9-10,12-15,20-21H,2-8,11H2,1H3/p-1. The normalized spacial score (nSPS) is 17.5. The first-order chi connectivity index (χ1) is 10.2. The molecule has 0 saturated carbocycles. The molecule has 1 N–H and O–H groups in total. The Morgan fingerprint density at radius 2 is 1.71 bits per heavy atom. The number of unbranched alkanes of at least 4 members (excludes halogenated alkanes) is 6. The van der Waals surface area contributed by atoms with Gasteiger partial charge in [-0.25, -0.2) is 5.06 Å². The molecule has 1 heterocycles. The SMILES string of the molecule is CCCCCCCCCC1C=C([O-])c2ccccc2N1O. The van der Waals surface area contributed by atoms with Crippen molar-refractivity contribution in [2.45, 2.75) is 64.3 Å². The third kappa shape index (κ3) is 4.24. The summed E-state index contributed by atoms with van der Waals surface area (Å²) >= 11 is 0. The van der Waals surface area contributed by atoms with Crippen LogP contribution in [0.3, 0.4) is 0 Å². The van der Waals surface area contributed by atoms with Gasteiger partial charge in [0, 0.05) is 0 Å². The van der Waals surface area contributed by atoms with Gasteiger partial charge in [0.05, 0.1) is 11.7 Å². The average molecular weight is 288 g/mol. The average Bonchev–Trinajstić information content (AvgIpc) is 2.51. The monoisotopic (exact) mass is 288 g/mol. The Labute approximate surface area is 127 Å². The minimum Gasteiger partial charge on any atom is -0.872 e. The van der Waals surface area contributed by atoms with Crippen molar-refractivity contribution in [3.8, 4) is 0 Å². The molecule has 21 heavy (non-hydrogen) atoms. The van der Waals surface area contributed by atoms with Crippen LogP contribution in [0.15, 0.2) is 30.3 Å². The van der Waals surface area contributed by atoms with E-state index in [1.165, 1.54) is 43.6 Å². The Kier molecular flexibility index (Phi) is 6.12. The first-order valence-corrected chi connectivity index (χ1v) is 8.20. The van der Waals surface area contributed by atoms with Crippen LogP contribution >= 0.6 is 0 Å². The Balaban J connectivity index is 1.79. The van der Waals surface area contributed by atoms with Crippen molar-refractivity contribution < 1.29 is 10.3 Å². The van der Waals surface area contributed by atoms with E-state index in [9.17, 15) is 10.3 Å². The predicted molar refractivity (Wildman–Crippen MR) is 85.1 cm³/mol. The molecule has 116 valence electrons. The summed E-state index contributed by atoms with van der Waals surface area (Å²) in [5, 5.41) is 23.6. The third-order valence-electron chi connectivity index (χ3n) is 4.18. The fourth-order valence-electron chi connectivity index (χ4n) is 2.91. The maximum atomic E-state index is 12.1. The molecule has 1 unspecified atom stereocenters. The number of benzene rings is 1. The lowest BCUT2D eigenvalue weighted by Gasteiger charge is -2.34. The molecule has 1 aromatic rings. The second-order valence-electron chi connectivity index (χ2n) is 5.87. The highest BCUT2D eigenvalue weighted by Crippen LogP contribution is 2.31. The van der Waals surface area contributed by atoms with E-state index in [0.29, 0.717) is 11.3 Å². The second-order valence-corrected chi connectivity index (χ2v) is 5.87. The minimum atomic E-state index is -0.178. The minimum absolute atomic E-state index is 0.0313. The third-order valence-corrected chi connectivity index (χ3v) is 4.18. The Morgan fingerprint density at radius 3 is 2.48 bits per heavy atom. The largest absolute Gasteiger partial charge is 0.872 e. The van der Waals surface area contributed by atoms with Gasteiger partial charge in [-0.05, 0) is 18.1 Å². The number of hydrogen-bond acceptors (Lipinski definition) is 3. The molecule has 0 fully saturated rings. The highest BCUT2D eigenvalue weighted by molar-refractivity contribution is 5.75. The number of para-hydroxylation sites is 1. The van der Waals surface area contributed by atoms with Crippen molar-refractivity contribution in [3.63, 3.8) is 0 Å². The fourth-order valence-corrected chi connectivity index (χ4v) is 2.91. The second kappa shape index (κ2) is 8.08. The molecule has 0 saturated heterocycles. The first kappa shape index (κ1) is 15.9. The quantitative estimate of drug-likeness (QED) is 0.732. The molecule has 0 aromatic heterocycles. The number of nitrogens with zero attached hydrogens (tertiary/aromatic N) is 1. The molecule has 3 nitrogen and oxygen atoms in total. The fraction of sp³-hybridized carbons (Fsp3) is 0.556. The molecule has 0 spiro atoms. The zero-order valence-corrected chi connectivity index (χ0v) is 12.9. The Hall–Kier alpha value is -1.48. The molecule has 2 rings (SSSR count). The zero-order valence-electron chi connectivity index (χ0n) is 12.9. The van der Waals surface area contributed by atoms with Crippen LogP contribution in [-0.4, -0.2) is 11.2 Å². The summed E-state index contributed by atoms with van der Waals surface area (Å²) in [7, 11) is 0. The molecule has 1 aromatic carbocycles. The zero-order chi connectivity index (χ0) is 15.1. The van der Waals surface area contributed by atoms with Crippen LogP contribution in [-0.2, 0) is 0 Å². The molecular weight excluding hydrogens is 262 g/mol. The van der Waals surface area contributed by atoms with Gasteiger partial charge >= 0.3 is 0 Å². The van der Waals surface area contributed by atoms with Crippen LogP contribution in [0.5, 0.6) is 0 Å². The Morgan fingerprint density at radius 1 is 1.05 bits per heavy atom. The molecule has 0 amide bonds. The smallest absolute Gasteiger partial charge is 0.0741 e. The molecule has 1 aliphatic rings. The summed E-state index contributed by atoms with van der Waals surface area (Å²) in [5.74, 6) is 0.0313. The summed E-state index contributed by atoms with van der Waals surface area (Å²) in [6.07, 6.45) is 11.2. The van der Waals surface area contributed by atoms with Crippen LogP contribution in [0.1, 0.15) is 63.9 Å². The molecule has 0 aliphatic carbocycles. The van der Waals surface area contributed by atoms with Crippen molar-refractivity contribution in [1.29, 1.82) is 0 Å². The number of fused-ring (bicyclic) bond motifs is 1. The topological polar surface area (TPSA) is 46.5 Å². The van der Waals surface area contributed by atoms with Gasteiger partial charge in [0.2, 0.25) is 0 Å². The molecular formula is C18H26NO2-. The van der Waals surface area contributed by atoms with Crippen LogP contribution < -0.4 is 10.2 Å². The number of hydrogen-bond donors (Lipinski definition) is 1. The van der Waals surface area contributed by atoms with Crippen LogP contribution in [0.4, 0.5) is 5.69 Å². The van der Waals surface area contributed by atoms with E-state index in [1.54, 1.807) is 18.2 Å². The summed E-state index contributed by atoms with van der Waals surface area (Å²) in [5.41, 5.74) is 1.23. The van der Waals surface area contributed by atoms with Gasteiger partial charge < -0.3 is 5.11 Å². The Bertz CT molecular complexity index is 470. The maximum Gasteiger partial charge on any atom is 0.0741 e. The number of anilines is 1. The van der Waals surface area contributed by atoms with Gasteiger partial charge in [-0.15, -0.1) is 5.76 Å². The lowest BCUT2D eigenvalue weighted by Crippen LogP contribution is -2.35. The van der Waals surface area contributed by atoms with E-state index >= 15 is 0 Å². The van der Waals surface area contributed by atoms with Crippen LogP contribution in [0.2, 0.25) is 0 Å². The molecule has 0 radical (unpaired) electrons. The molecule has 1 aliphatic heterocycles. The van der Waals surface area contributed by atoms with Gasteiger partial charge in [0.1, 0.15) is 0 Å². The van der Waals surface area contributed by atoms with Crippen molar-refractivity contribution in [1.82, 2.24) is 0 Å². The van der Waals surface area contributed by atoms with Gasteiger partial charge in [-0.1, -0.05) is 76.1 Å². The van der Waals surface area contributed by atoms with Gasteiger partial charge in [0.25, 0.3) is 0 Å². The van der Waals surface area contributed by atoms with Crippen molar-refractivity contribution in [2.75, 3.05) is 5.06 Å². The summed E-state index contributed by atoms with van der Waals surface area (Å²) in [6.45, 7) is 2.23. The van der Waals surface area contributed by atoms with Crippen molar-refractivity contribution >= 4 is 11.4 Å². The highest BCUT2D eigenvalue weighted by atomic mass is 16.5. The van der Waals surface area contributed by atoms with Crippen LogP contribution in [0.25, 0.3) is 5.76 Å². The maximum absolute atomic E-state index is 12.1. The summed E-state index contributed by atoms with van der Waals surface area (Å²) < 4.78 is 0. The summed E-state index contributed by atoms with van der Waals surface area (Å²) in [6, 6.07) is 7.07. The molecule has 0 bridgehead atoms. The number of hydroxylamine groups is 1.